The van der Waals surface area contributed by atoms with E-state index < -0.39 is 22.7 Å². The largest absolute Gasteiger partial charge is 0.504 e. The lowest BCUT2D eigenvalue weighted by atomic mass is 9.48. The number of ether oxygens (including phenoxy) is 2. The molecule has 0 aromatic heterocycles. The van der Waals surface area contributed by atoms with Crippen LogP contribution in [0.2, 0.25) is 0 Å². The number of benzene rings is 2. The van der Waals surface area contributed by atoms with E-state index >= 15 is 0 Å². The predicted octanol–water partition coefficient (Wildman–Crippen LogP) is 3.87. The zero-order chi connectivity index (χ0) is 27.9. The minimum atomic E-state index is -0.949. The van der Waals surface area contributed by atoms with Crippen LogP contribution < -0.4 is 10.1 Å². The molecule has 3 N–H and O–H groups in total. The number of phenolic OH excluding ortho intramolecular Hbond substituents is 1. The van der Waals surface area contributed by atoms with E-state index in [1.54, 1.807) is 6.07 Å². The van der Waals surface area contributed by atoms with Crippen molar-refractivity contribution in [1.82, 2.24) is 10.2 Å². The maximum absolute atomic E-state index is 13.5. The summed E-state index contributed by atoms with van der Waals surface area (Å²) >= 11 is 0. The highest BCUT2D eigenvalue weighted by atomic mass is 16.6. The summed E-state index contributed by atoms with van der Waals surface area (Å²) in [6, 6.07) is 13.1. The fraction of sp³-hybridized carbons (Fsp3) is 0.606. The Morgan fingerprint density at radius 2 is 1.93 bits per heavy atom. The van der Waals surface area contributed by atoms with Gasteiger partial charge in [0.25, 0.3) is 0 Å². The number of aliphatic hydroxyl groups is 1. The highest BCUT2D eigenvalue weighted by molar-refractivity contribution is 5.77. The summed E-state index contributed by atoms with van der Waals surface area (Å²) in [7, 11) is 0. The van der Waals surface area contributed by atoms with Gasteiger partial charge in [0.05, 0.1) is 11.0 Å². The molecular formula is C33H42N2O5. The molecule has 7 nitrogen and oxygen atoms in total. The number of aromatic hydroxyl groups is 1. The van der Waals surface area contributed by atoms with E-state index in [4.69, 9.17) is 9.47 Å². The number of phenols is 1. The van der Waals surface area contributed by atoms with E-state index in [0.717, 1.165) is 43.0 Å². The second-order valence-electron chi connectivity index (χ2n) is 13.9. The van der Waals surface area contributed by atoms with Gasteiger partial charge in [-0.15, -0.1) is 0 Å². The lowest BCUT2D eigenvalue weighted by molar-refractivity contribution is -0.193. The van der Waals surface area contributed by atoms with E-state index in [2.05, 4.69) is 10.2 Å². The van der Waals surface area contributed by atoms with Crippen LogP contribution in [-0.2, 0) is 27.8 Å². The predicted molar refractivity (Wildman–Crippen MR) is 151 cm³/mol. The Bertz CT molecular complexity index is 1300. The topological polar surface area (TPSA) is 91.3 Å². The summed E-state index contributed by atoms with van der Waals surface area (Å²) in [6.45, 7) is 7.63. The van der Waals surface area contributed by atoms with Crippen LogP contribution in [0.25, 0.3) is 0 Å². The molecule has 6 atom stereocenters. The average Bonchev–Trinajstić information content (AvgIpc) is 3.64. The average molecular weight is 547 g/mol. The maximum Gasteiger partial charge on any atom is 0.324 e. The molecule has 2 bridgehead atoms. The molecule has 5 aliphatic rings. The Kier molecular flexibility index (Phi) is 6.05. The van der Waals surface area contributed by atoms with Crippen LogP contribution in [0.1, 0.15) is 69.6 Å². The van der Waals surface area contributed by atoms with Crippen LogP contribution >= 0.6 is 0 Å². The van der Waals surface area contributed by atoms with E-state index in [9.17, 15) is 15.0 Å². The quantitative estimate of drug-likeness (QED) is 0.454. The van der Waals surface area contributed by atoms with Crippen LogP contribution in [0.15, 0.2) is 42.5 Å². The molecule has 214 valence electrons. The van der Waals surface area contributed by atoms with Crippen LogP contribution in [0.5, 0.6) is 11.5 Å². The fourth-order valence-corrected chi connectivity index (χ4v) is 8.34. The van der Waals surface area contributed by atoms with Gasteiger partial charge in [0.2, 0.25) is 0 Å². The summed E-state index contributed by atoms with van der Waals surface area (Å²) in [6.07, 6.45) is 5.52. The first kappa shape index (κ1) is 26.3. The molecule has 7 rings (SSSR count). The number of carbonyl (C=O) groups excluding carboxylic acids is 1. The van der Waals surface area contributed by atoms with E-state index in [1.807, 2.05) is 57.2 Å². The first-order valence-electron chi connectivity index (χ1n) is 15.1. The van der Waals surface area contributed by atoms with Crippen LogP contribution in [0, 0.1) is 5.92 Å². The van der Waals surface area contributed by atoms with Crippen molar-refractivity contribution in [3.05, 3.63) is 59.2 Å². The second kappa shape index (κ2) is 9.20. The molecule has 7 heteroatoms. The molecule has 1 unspecified atom stereocenters. The Morgan fingerprint density at radius 3 is 2.65 bits per heavy atom. The minimum Gasteiger partial charge on any atom is -0.504 e. The first-order chi connectivity index (χ1) is 19.1. The summed E-state index contributed by atoms with van der Waals surface area (Å²) < 4.78 is 12.6. The Labute approximate surface area is 236 Å². The van der Waals surface area contributed by atoms with Gasteiger partial charge in [0, 0.05) is 24.2 Å². The van der Waals surface area contributed by atoms with Crippen LogP contribution in [-0.4, -0.2) is 69.6 Å². The number of likely N-dealkylation sites (tertiary alicyclic amines) is 1. The molecular weight excluding hydrogens is 504 g/mol. The third-order valence-corrected chi connectivity index (χ3v) is 10.2. The molecule has 0 radical (unpaired) electrons. The van der Waals surface area contributed by atoms with Crippen LogP contribution in [0.3, 0.4) is 0 Å². The summed E-state index contributed by atoms with van der Waals surface area (Å²) in [5.41, 5.74) is 1.06. The zero-order valence-corrected chi connectivity index (χ0v) is 23.9. The molecule has 2 saturated carbocycles. The molecule has 40 heavy (non-hydrogen) atoms. The smallest absolute Gasteiger partial charge is 0.324 e. The number of piperidine rings is 1. The molecule has 3 aliphatic carbocycles. The van der Waals surface area contributed by atoms with E-state index in [0.29, 0.717) is 25.0 Å². The molecule has 2 heterocycles. The number of carbonyl (C=O) groups is 1. The minimum absolute atomic E-state index is 0.0304. The summed E-state index contributed by atoms with van der Waals surface area (Å²) in [5.74, 6) is 1.13. The van der Waals surface area contributed by atoms with E-state index in [1.165, 1.54) is 18.4 Å². The number of esters is 1. The van der Waals surface area contributed by atoms with Gasteiger partial charge in [-0.25, -0.2) is 0 Å². The van der Waals surface area contributed by atoms with Crippen molar-refractivity contribution in [2.45, 2.75) is 107 Å². The standard InChI is InChI=1S/C33H42N2O5/c1-31(2,3)40-30(37)24(17-20-7-5-4-6-8-20)34-23-13-14-33(38)26-18-22-11-12-25(36)28-27(22)32(33,29(23)39-28)15-16-35(26)19-21-9-10-21/h4-8,11-12,21,23-24,26,29,34,36,38H,9-10,13-19H2,1-3H3/t23-,24-,26?,29+,32+,33-/m1/s1. The lowest BCUT2D eigenvalue weighted by Gasteiger charge is -2.64. The van der Waals surface area contributed by atoms with Gasteiger partial charge >= 0.3 is 5.97 Å². The molecule has 3 fully saturated rings. The van der Waals surface area contributed by atoms with Gasteiger partial charge in [-0.3, -0.25) is 15.0 Å². The number of nitrogens with zero attached hydrogens (tertiary/aromatic N) is 1. The Hall–Kier alpha value is -2.61. The highest BCUT2D eigenvalue weighted by Gasteiger charge is 2.73. The SMILES string of the molecule is CC(C)(C)OC(=O)[C@@H](Cc1ccccc1)N[C@@H]1CC[C@@]2(O)C3Cc4ccc(O)c5c4[C@@]2(CCN3CC2CC2)[C@H]1O5. The monoisotopic (exact) mass is 546 g/mol. The number of rotatable bonds is 7. The van der Waals surface area contributed by atoms with Crippen molar-refractivity contribution in [2.75, 3.05) is 13.1 Å². The third kappa shape index (κ3) is 4.07. The van der Waals surface area contributed by atoms with Gasteiger partial charge in [0.15, 0.2) is 11.5 Å². The zero-order valence-electron chi connectivity index (χ0n) is 23.9. The van der Waals surface area contributed by atoms with Gasteiger partial charge in [-0.2, -0.15) is 0 Å². The number of hydrogen-bond donors (Lipinski definition) is 3. The molecule has 2 aromatic carbocycles. The van der Waals surface area contributed by atoms with Gasteiger partial charge < -0.3 is 19.7 Å². The number of nitrogens with one attached hydrogen (secondary N) is 1. The summed E-state index contributed by atoms with van der Waals surface area (Å²) in [5, 5.41) is 27.3. The molecule has 2 aromatic rings. The fourth-order valence-electron chi connectivity index (χ4n) is 8.34. The van der Waals surface area contributed by atoms with Crippen molar-refractivity contribution in [3.63, 3.8) is 0 Å². The lowest BCUT2D eigenvalue weighted by Crippen LogP contribution is -2.78. The molecule has 0 amide bonds. The van der Waals surface area contributed by atoms with Gasteiger partial charge in [-0.1, -0.05) is 36.4 Å². The maximum atomic E-state index is 13.5. The Balaban J connectivity index is 1.25. The summed E-state index contributed by atoms with van der Waals surface area (Å²) in [4.78, 5) is 16.1. The first-order valence-corrected chi connectivity index (χ1v) is 15.1. The molecule has 2 aliphatic heterocycles. The normalized spacial score (nSPS) is 33.1. The van der Waals surface area contributed by atoms with Crippen molar-refractivity contribution < 1.29 is 24.5 Å². The van der Waals surface area contributed by atoms with E-state index in [-0.39, 0.29) is 29.9 Å². The Morgan fingerprint density at radius 1 is 1.15 bits per heavy atom. The third-order valence-electron chi connectivity index (χ3n) is 10.2. The van der Waals surface area contributed by atoms with Gasteiger partial charge in [-0.05, 0) is 95.4 Å². The van der Waals surface area contributed by atoms with Crippen molar-refractivity contribution >= 4 is 5.97 Å². The van der Waals surface area contributed by atoms with Gasteiger partial charge in [0.1, 0.15) is 17.7 Å². The molecule has 1 spiro atoms. The second-order valence-corrected chi connectivity index (χ2v) is 13.9. The van der Waals surface area contributed by atoms with Crippen molar-refractivity contribution in [2.24, 2.45) is 5.92 Å². The highest BCUT2D eigenvalue weighted by Crippen LogP contribution is 2.65. The molecule has 1 saturated heterocycles. The number of hydrogen-bond acceptors (Lipinski definition) is 7. The van der Waals surface area contributed by atoms with Crippen LogP contribution in [0.4, 0.5) is 0 Å². The van der Waals surface area contributed by atoms with Crippen molar-refractivity contribution in [3.8, 4) is 11.5 Å². The van der Waals surface area contributed by atoms with Crippen molar-refractivity contribution in [1.29, 1.82) is 0 Å².